The largest absolute Gasteiger partial charge is 0.471 e. The Morgan fingerprint density at radius 3 is 2.03 bits per heavy atom. The second-order valence-corrected chi connectivity index (χ2v) is 9.44. The lowest BCUT2D eigenvalue weighted by Gasteiger charge is -2.09. The van der Waals surface area contributed by atoms with Crippen LogP contribution < -0.4 is 5.32 Å². The minimum Gasteiger partial charge on any atom is -0.379 e. The van der Waals surface area contributed by atoms with Crippen LogP contribution >= 0.6 is 7.82 Å². The van der Waals surface area contributed by atoms with Crippen molar-refractivity contribution >= 4 is 13.7 Å². The third kappa shape index (κ3) is 21.2. The normalized spacial score (nSPS) is 13.1. The van der Waals surface area contributed by atoms with E-state index >= 15 is 0 Å². The van der Waals surface area contributed by atoms with E-state index in [0.717, 1.165) is 32.1 Å². The Labute approximate surface area is 218 Å². The first kappa shape index (κ1) is 33.5. The molecule has 0 aliphatic carbocycles. The van der Waals surface area contributed by atoms with E-state index in [9.17, 15) is 9.36 Å². The van der Waals surface area contributed by atoms with Crippen molar-refractivity contribution in [2.45, 2.75) is 38.7 Å². The topological polar surface area (TPSA) is 162 Å². The third-order valence-corrected chi connectivity index (χ3v) is 5.71. The number of carbonyl (C=O) groups excluding carboxylic acids is 1. The van der Waals surface area contributed by atoms with Crippen LogP contribution in [0.5, 0.6) is 0 Å². The smallest absolute Gasteiger partial charge is 0.379 e. The first-order valence-corrected chi connectivity index (χ1v) is 14.0. The van der Waals surface area contributed by atoms with Crippen molar-refractivity contribution in [2.75, 3.05) is 79.7 Å². The van der Waals surface area contributed by atoms with E-state index < -0.39 is 7.82 Å². The second kappa shape index (κ2) is 22.5. The number of ether oxygens (including phenoxy) is 5. The van der Waals surface area contributed by atoms with E-state index in [4.69, 9.17) is 33.1 Å². The zero-order valence-corrected chi connectivity index (χ0v) is 22.9. The lowest BCUT2D eigenvalue weighted by atomic mass is 10.2. The van der Waals surface area contributed by atoms with Gasteiger partial charge < -0.3 is 33.9 Å². The fourth-order valence-corrected chi connectivity index (χ4v) is 3.28. The number of phosphoric acid groups is 1. The number of aryl methyl sites for hydroxylation is 1. The molecule has 1 amide bonds. The van der Waals surface area contributed by atoms with Gasteiger partial charge in [0.2, 0.25) is 5.91 Å². The first-order valence-electron chi connectivity index (χ1n) is 12.5. The molecule has 14 nitrogen and oxygen atoms in total. The van der Waals surface area contributed by atoms with E-state index in [-0.39, 0.29) is 12.5 Å². The van der Waals surface area contributed by atoms with Gasteiger partial charge in [-0.05, 0) is 12.8 Å². The highest BCUT2D eigenvalue weighted by molar-refractivity contribution is 7.47. The lowest BCUT2D eigenvalue weighted by molar-refractivity contribution is -0.122. The van der Waals surface area contributed by atoms with Crippen LogP contribution in [0.1, 0.15) is 37.8 Å². The van der Waals surface area contributed by atoms with Crippen LogP contribution in [0.3, 0.4) is 0 Å². The Morgan fingerprint density at radius 2 is 1.46 bits per heavy atom. The fourth-order valence-electron chi connectivity index (χ4n) is 2.81. The molecule has 1 aromatic rings. The summed E-state index contributed by atoms with van der Waals surface area (Å²) < 4.78 is 48.9. The van der Waals surface area contributed by atoms with Gasteiger partial charge in [-0.15, -0.1) is 5.10 Å². The van der Waals surface area contributed by atoms with Crippen molar-refractivity contribution in [3.05, 3.63) is 11.9 Å². The van der Waals surface area contributed by atoms with Gasteiger partial charge in [0.15, 0.2) is 0 Å². The molecule has 216 valence electrons. The maximum absolute atomic E-state index is 11.8. The standard InChI is InChI=1S/C22H43N4O10P/c1-26-19-21(24-25-26)20-35-18-17-34-16-15-33-14-13-32-12-11-31-10-7-22(27)23-8-5-3-4-6-9-36-37(28,29)30-2/h19H,3-18,20H2,1-2H3,(H,23,27)(H,28,29). The van der Waals surface area contributed by atoms with Crippen LogP contribution in [0.15, 0.2) is 6.20 Å². The third-order valence-electron chi connectivity index (χ3n) is 4.74. The summed E-state index contributed by atoms with van der Waals surface area (Å²) in [5.41, 5.74) is 0.785. The molecule has 1 atom stereocenters. The number of unbranched alkanes of at least 4 members (excludes halogenated alkanes) is 3. The SMILES string of the molecule is COP(=O)(O)OCCCCCCNC(=O)CCOCCOCCOCCOCCOCc1cn(C)nn1. The van der Waals surface area contributed by atoms with Crippen LogP contribution in [-0.4, -0.2) is 106 Å². The van der Waals surface area contributed by atoms with Crippen molar-refractivity contribution in [1.29, 1.82) is 0 Å². The fraction of sp³-hybridized carbons (Fsp3) is 0.864. The van der Waals surface area contributed by atoms with Gasteiger partial charge in [0, 0.05) is 27.1 Å². The second-order valence-electron chi connectivity index (χ2n) is 7.88. The zero-order chi connectivity index (χ0) is 27.0. The number of rotatable bonds is 26. The van der Waals surface area contributed by atoms with Gasteiger partial charge in [-0.3, -0.25) is 18.5 Å². The van der Waals surface area contributed by atoms with Crippen molar-refractivity contribution in [3.63, 3.8) is 0 Å². The Morgan fingerprint density at radius 1 is 0.892 bits per heavy atom. The number of aromatic nitrogens is 3. The van der Waals surface area contributed by atoms with Crippen LogP contribution in [0, 0.1) is 0 Å². The Kier molecular flexibility index (Phi) is 20.4. The summed E-state index contributed by atoms with van der Waals surface area (Å²) in [6.07, 6.45) is 5.31. The summed E-state index contributed by atoms with van der Waals surface area (Å²) in [5, 5.41) is 10.6. The number of amides is 1. The molecule has 1 aromatic heterocycles. The molecule has 0 aromatic carbocycles. The average molecular weight is 555 g/mol. The Bertz CT molecular complexity index is 740. The molecule has 2 N–H and O–H groups in total. The molecule has 0 aliphatic heterocycles. The number of nitrogens with one attached hydrogen (secondary N) is 1. The molecule has 0 saturated carbocycles. The predicted octanol–water partition coefficient (Wildman–Crippen LogP) is 1.23. The van der Waals surface area contributed by atoms with Crippen molar-refractivity contribution < 1.29 is 47.0 Å². The molecule has 15 heteroatoms. The summed E-state index contributed by atoms with van der Waals surface area (Å²) in [4.78, 5) is 20.8. The summed E-state index contributed by atoms with van der Waals surface area (Å²) >= 11 is 0. The van der Waals surface area contributed by atoms with E-state index in [1.54, 1.807) is 17.9 Å². The summed E-state index contributed by atoms with van der Waals surface area (Å²) in [6, 6.07) is 0. The summed E-state index contributed by atoms with van der Waals surface area (Å²) in [7, 11) is -0.943. The zero-order valence-electron chi connectivity index (χ0n) is 22.0. The molecule has 0 radical (unpaired) electrons. The van der Waals surface area contributed by atoms with E-state index in [1.807, 2.05) is 0 Å². The molecule has 1 rings (SSSR count). The van der Waals surface area contributed by atoms with Crippen LogP contribution in [0.25, 0.3) is 0 Å². The number of nitrogens with zero attached hydrogens (tertiary/aromatic N) is 3. The monoisotopic (exact) mass is 554 g/mol. The molecule has 1 heterocycles. The maximum atomic E-state index is 11.8. The highest BCUT2D eigenvalue weighted by Gasteiger charge is 2.17. The Hall–Kier alpha value is -1.48. The van der Waals surface area contributed by atoms with E-state index in [0.29, 0.717) is 85.5 Å². The van der Waals surface area contributed by atoms with Gasteiger partial charge in [-0.2, -0.15) is 0 Å². The number of carbonyl (C=O) groups is 1. The van der Waals surface area contributed by atoms with Gasteiger partial charge >= 0.3 is 7.82 Å². The molecular weight excluding hydrogens is 511 g/mol. The molecule has 0 bridgehead atoms. The lowest BCUT2D eigenvalue weighted by Crippen LogP contribution is -2.25. The minimum absolute atomic E-state index is 0.0572. The molecule has 1 unspecified atom stereocenters. The van der Waals surface area contributed by atoms with Gasteiger partial charge in [0.05, 0.1) is 78.9 Å². The van der Waals surface area contributed by atoms with Gasteiger partial charge in [-0.1, -0.05) is 18.1 Å². The van der Waals surface area contributed by atoms with Crippen LogP contribution in [-0.2, 0) is 55.7 Å². The van der Waals surface area contributed by atoms with Crippen molar-refractivity contribution in [3.8, 4) is 0 Å². The number of phosphoric ester groups is 1. The molecular formula is C22H43N4O10P. The molecule has 37 heavy (non-hydrogen) atoms. The molecule has 0 aliphatic rings. The van der Waals surface area contributed by atoms with E-state index in [2.05, 4.69) is 20.2 Å². The van der Waals surface area contributed by atoms with Crippen LogP contribution in [0.2, 0.25) is 0 Å². The van der Waals surface area contributed by atoms with Crippen molar-refractivity contribution in [1.82, 2.24) is 20.3 Å². The quantitative estimate of drug-likeness (QED) is 0.125. The molecule has 0 spiro atoms. The van der Waals surface area contributed by atoms with Crippen molar-refractivity contribution in [2.24, 2.45) is 7.05 Å². The first-order chi connectivity index (χ1) is 17.9. The van der Waals surface area contributed by atoms with Gasteiger partial charge in [-0.25, -0.2) is 4.57 Å². The predicted molar refractivity (Wildman–Crippen MR) is 133 cm³/mol. The minimum atomic E-state index is -3.88. The number of hydrogen-bond acceptors (Lipinski definition) is 11. The van der Waals surface area contributed by atoms with Gasteiger partial charge in [0.1, 0.15) is 5.69 Å². The molecule has 0 fully saturated rings. The summed E-state index contributed by atoms with van der Waals surface area (Å²) in [5.74, 6) is -0.0572. The highest BCUT2D eigenvalue weighted by Crippen LogP contribution is 2.41. The maximum Gasteiger partial charge on any atom is 0.471 e. The summed E-state index contributed by atoms with van der Waals surface area (Å²) in [6.45, 7) is 5.21. The van der Waals surface area contributed by atoms with Gasteiger partial charge in [0.25, 0.3) is 0 Å². The average Bonchev–Trinajstić information content (AvgIpc) is 3.30. The molecule has 0 saturated heterocycles. The van der Waals surface area contributed by atoms with Crippen LogP contribution in [0.4, 0.5) is 0 Å². The van der Waals surface area contributed by atoms with E-state index in [1.165, 1.54) is 0 Å². The Balaban J connectivity index is 1.72. The highest BCUT2D eigenvalue weighted by atomic mass is 31.2. The number of hydrogen-bond donors (Lipinski definition) is 2.